The first-order valence-electron chi connectivity index (χ1n) is 4.44. The van der Waals surface area contributed by atoms with Crippen molar-refractivity contribution in [3.8, 4) is 0 Å². The van der Waals surface area contributed by atoms with Crippen LogP contribution in [0.25, 0.3) is 0 Å². The number of aliphatic imine (C=N–C) groups is 1. The second-order valence-corrected chi connectivity index (χ2v) is 2.95. The van der Waals surface area contributed by atoms with Gasteiger partial charge in [0.05, 0.1) is 13.2 Å². The van der Waals surface area contributed by atoms with Gasteiger partial charge in [-0.25, -0.2) is 0 Å². The van der Waals surface area contributed by atoms with Gasteiger partial charge >= 0.3 is 0 Å². The van der Waals surface area contributed by atoms with Crippen molar-refractivity contribution in [2.45, 2.75) is 25.7 Å². The van der Waals surface area contributed by atoms with E-state index >= 15 is 0 Å². The Morgan fingerprint density at radius 1 is 1.42 bits per heavy atom. The molecule has 0 aliphatic heterocycles. The number of hydrogen-bond donors (Lipinski definition) is 2. The average Bonchev–Trinajstić information content (AvgIpc) is 2.15. The fourth-order valence-corrected chi connectivity index (χ4v) is 1.46. The summed E-state index contributed by atoms with van der Waals surface area (Å²) in [5.41, 5.74) is 7.72. The Morgan fingerprint density at radius 2 is 2.17 bits per heavy atom. The molecular weight excluding hydrogens is 152 g/mol. The van der Waals surface area contributed by atoms with Crippen molar-refractivity contribution in [1.29, 1.82) is 0 Å². The number of rotatable bonds is 2. The molecule has 0 aromatic heterocycles. The molecule has 68 valence electrons. The van der Waals surface area contributed by atoms with Crippen LogP contribution in [-0.4, -0.2) is 24.0 Å². The van der Waals surface area contributed by atoms with E-state index in [0.717, 1.165) is 24.1 Å². The van der Waals surface area contributed by atoms with Crippen LogP contribution in [0.2, 0.25) is 0 Å². The molecule has 0 bridgehead atoms. The number of nitrogens with two attached hydrogens (primary N) is 1. The van der Waals surface area contributed by atoms with Crippen molar-refractivity contribution in [3.05, 3.63) is 11.8 Å². The van der Waals surface area contributed by atoms with Gasteiger partial charge in [-0.15, -0.1) is 0 Å². The van der Waals surface area contributed by atoms with E-state index in [-0.39, 0.29) is 6.61 Å². The molecule has 0 amide bonds. The maximum atomic E-state index is 8.60. The smallest absolute Gasteiger partial charge is 0.0627 e. The van der Waals surface area contributed by atoms with Crippen LogP contribution in [0, 0.1) is 0 Å². The third kappa shape index (κ3) is 2.34. The minimum Gasteiger partial charge on any atom is -0.404 e. The lowest BCUT2D eigenvalue weighted by Crippen LogP contribution is -2.12. The lowest BCUT2D eigenvalue weighted by Gasteiger charge is -2.15. The van der Waals surface area contributed by atoms with Gasteiger partial charge in [0.1, 0.15) is 0 Å². The second kappa shape index (κ2) is 4.93. The van der Waals surface area contributed by atoms with Gasteiger partial charge in [-0.1, -0.05) is 0 Å². The van der Waals surface area contributed by atoms with Gasteiger partial charge in [-0.3, -0.25) is 4.99 Å². The summed E-state index contributed by atoms with van der Waals surface area (Å²) in [6.07, 6.45) is 6.11. The van der Waals surface area contributed by atoms with E-state index in [9.17, 15) is 0 Å². The molecule has 0 unspecified atom stereocenters. The highest BCUT2D eigenvalue weighted by Crippen LogP contribution is 2.19. The van der Waals surface area contributed by atoms with Gasteiger partial charge in [-0.05, 0) is 37.5 Å². The number of allylic oxidation sites excluding steroid dienone is 1. The summed E-state index contributed by atoms with van der Waals surface area (Å²) in [4.78, 5) is 4.27. The zero-order valence-corrected chi connectivity index (χ0v) is 7.29. The molecule has 3 N–H and O–H groups in total. The fraction of sp³-hybridized carbons (Fsp3) is 0.667. The predicted molar refractivity (Wildman–Crippen MR) is 50.1 cm³/mol. The highest BCUT2D eigenvalue weighted by atomic mass is 16.3. The molecule has 0 aromatic carbocycles. The minimum absolute atomic E-state index is 0.126. The van der Waals surface area contributed by atoms with E-state index < -0.39 is 0 Å². The summed E-state index contributed by atoms with van der Waals surface area (Å²) in [6.45, 7) is 0.633. The Bertz CT molecular complexity index is 197. The normalized spacial score (nSPS) is 25.1. The molecule has 3 heteroatoms. The van der Waals surface area contributed by atoms with Gasteiger partial charge in [0, 0.05) is 5.71 Å². The summed E-state index contributed by atoms with van der Waals surface area (Å²) < 4.78 is 0. The van der Waals surface area contributed by atoms with E-state index in [4.69, 9.17) is 10.8 Å². The van der Waals surface area contributed by atoms with E-state index in [1.807, 2.05) is 0 Å². The largest absolute Gasteiger partial charge is 0.404 e. The van der Waals surface area contributed by atoms with Crippen LogP contribution in [0.15, 0.2) is 16.8 Å². The van der Waals surface area contributed by atoms with Crippen LogP contribution in [0.3, 0.4) is 0 Å². The number of nitrogens with zero attached hydrogens (tertiary/aromatic N) is 1. The topological polar surface area (TPSA) is 58.6 Å². The maximum Gasteiger partial charge on any atom is 0.0627 e. The Kier molecular flexibility index (Phi) is 3.80. The van der Waals surface area contributed by atoms with Crippen molar-refractivity contribution >= 4 is 5.71 Å². The third-order valence-corrected chi connectivity index (χ3v) is 2.08. The zero-order chi connectivity index (χ0) is 8.81. The van der Waals surface area contributed by atoms with E-state index in [1.165, 1.54) is 12.8 Å². The van der Waals surface area contributed by atoms with Crippen molar-refractivity contribution < 1.29 is 5.11 Å². The lowest BCUT2D eigenvalue weighted by molar-refractivity contribution is 0.306. The first-order chi connectivity index (χ1) is 5.88. The Hall–Kier alpha value is -0.830. The van der Waals surface area contributed by atoms with Gasteiger partial charge < -0.3 is 10.8 Å². The molecular formula is C9H16N2O. The van der Waals surface area contributed by atoms with Crippen LogP contribution in [-0.2, 0) is 0 Å². The van der Waals surface area contributed by atoms with Crippen molar-refractivity contribution in [2.75, 3.05) is 13.2 Å². The summed E-state index contributed by atoms with van der Waals surface area (Å²) in [6, 6.07) is 0. The number of aliphatic hydroxyl groups is 1. The average molecular weight is 168 g/mol. The summed E-state index contributed by atoms with van der Waals surface area (Å²) >= 11 is 0. The molecule has 1 fully saturated rings. The first-order valence-corrected chi connectivity index (χ1v) is 4.44. The van der Waals surface area contributed by atoms with Crippen LogP contribution >= 0.6 is 0 Å². The summed E-state index contributed by atoms with van der Waals surface area (Å²) in [5, 5.41) is 8.60. The van der Waals surface area contributed by atoms with E-state index in [0.29, 0.717) is 6.54 Å². The SMILES string of the molecule is NC=C1CCCCC1=NCCO. The van der Waals surface area contributed by atoms with E-state index in [2.05, 4.69) is 4.99 Å². The molecule has 0 saturated heterocycles. The predicted octanol–water partition coefficient (Wildman–Crippen LogP) is 0.836. The minimum atomic E-state index is 0.126. The molecule has 1 aliphatic rings. The molecule has 0 aromatic rings. The molecule has 1 aliphatic carbocycles. The molecule has 1 saturated carbocycles. The molecule has 0 heterocycles. The molecule has 3 nitrogen and oxygen atoms in total. The second-order valence-electron chi connectivity index (χ2n) is 2.95. The van der Waals surface area contributed by atoms with Crippen LogP contribution < -0.4 is 5.73 Å². The highest BCUT2D eigenvalue weighted by molar-refractivity contribution is 6.00. The van der Waals surface area contributed by atoms with Crippen LogP contribution in [0.4, 0.5) is 0 Å². The van der Waals surface area contributed by atoms with Crippen molar-refractivity contribution in [2.24, 2.45) is 10.7 Å². The lowest BCUT2D eigenvalue weighted by atomic mass is 9.93. The van der Waals surface area contributed by atoms with Gasteiger partial charge in [0.25, 0.3) is 0 Å². The molecule has 0 spiro atoms. The van der Waals surface area contributed by atoms with Gasteiger partial charge in [0.2, 0.25) is 0 Å². The Labute approximate surface area is 73.0 Å². The molecule has 12 heavy (non-hydrogen) atoms. The van der Waals surface area contributed by atoms with Crippen LogP contribution in [0.1, 0.15) is 25.7 Å². The van der Waals surface area contributed by atoms with Crippen LogP contribution in [0.5, 0.6) is 0 Å². The van der Waals surface area contributed by atoms with Crippen molar-refractivity contribution in [3.63, 3.8) is 0 Å². The highest BCUT2D eigenvalue weighted by Gasteiger charge is 2.11. The fourth-order valence-electron chi connectivity index (χ4n) is 1.46. The van der Waals surface area contributed by atoms with E-state index in [1.54, 1.807) is 6.20 Å². The molecule has 0 radical (unpaired) electrons. The summed E-state index contributed by atoms with van der Waals surface area (Å²) in [5.74, 6) is 0. The Balaban J connectivity index is 2.59. The standard InChI is InChI=1S/C9H16N2O/c10-7-8-3-1-2-4-9(8)11-5-6-12/h7,12H,1-6,10H2. The number of aliphatic hydroxyl groups excluding tert-OH is 1. The third-order valence-electron chi connectivity index (χ3n) is 2.08. The summed E-state index contributed by atoms with van der Waals surface area (Å²) in [7, 11) is 0. The first kappa shape index (κ1) is 9.26. The molecule has 0 atom stereocenters. The van der Waals surface area contributed by atoms with Crippen molar-refractivity contribution in [1.82, 2.24) is 0 Å². The Morgan fingerprint density at radius 3 is 2.83 bits per heavy atom. The quantitative estimate of drug-likeness (QED) is 0.641. The maximum absolute atomic E-state index is 8.60. The van der Waals surface area contributed by atoms with Gasteiger partial charge in [-0.2, -0.15) is 0 Å². The van der Waals surface area contributed by atoms with Gasteiger partial charge in [0.15, 0.2) is 0 Å². The monoisotopic (exact) mass is 168 g/mol. The molecule has 1 rings (SSSR count). The number of hydrogen-bond acceptors (Lipinski definition) is 3. The zero-order valence-electron chi connectivity index (χ0n) is 7.29.